The molecule has 0 atom stereocenters. The Balaban J connectivity index is 3.08. The van der Waals surface area contributed by atoms with Crippen molar-refractivity contribution in [2.75, 3.05) is 0 Å². The van der Waals surface area contributed by atoms with Crippen molar-refractivity contribution in [3.8, 4) is 0 Å². The van der Waals surface area contributed by atoms with E-state index >= 15 is 0 Å². The molecule has 1 aromatic heterocycles. The first-order chi connectivity index (χ1) is 5.43. The fourth-order valence-electron chi connectivity index (χ4n) is 1.36. The molecule has 0 saturated heterocycles. The molecule has 0 aliphatic carbocycles. The molecule has 0 aliphatic heterocycles. The van der Waals surface area contributed by atoms with E-state index in [2.05, 4.69) is 45.4 Å². The molecule has 0 saturated carbocycles. The number of hydrogen-bond donors (Lipinski definition) is 0. The van der Waals surface area contributed by atoms with Gasteiger partial charge in [0.2, 0.25) is 0 Å². The zero-order chi connectivity index (χ0) is 9.35. The lowest BCUT2D eigenvalue weighted by Gasteiger charge is -2.21. The summed E-state index contributed by atoms with van der Waals surface area (Å²) in [6, 6.07) is 0. The molecule has 0 nitrogen and oxygen atoms in total. The van der Waals surface area contributed by atoms with E-state index in [1.54, 1.807) is 0 Å². The Morgan fingerprint density at radius 1 is 1.17 bits per heavy atom. The molecule has 0 fully saturated rings. The third kappa shape index (κ3) is 1.89. The highest BCUT2D eigenvalue weighted by Gasteiger charge is 2.19. The molecule has 0 aliphatic rings. The smallest absolute Gasteiger partial charge is 0.00530 e. The summed E-state index contributed by atoms with van der Waals surface area (Å²) >= 11 is 1.82. The average molecular weight is 182 g/mol. The van der Waals surface area contributed by atoms with E-state index in [1.165, 1.54) is 11.1 Å². The zero-order valence-corrected chi connectivity index (χ0v) is 9.46. The van der Waals surface area contributed by atoms with Crippen LogP contribution in [-0.2, 0) is 5.41 Å². The van der Waals surface area contributed by atoms with Gasteiger partial charge in [-0.2, -0.15) is 11.3 Å². The minimum atomic E-state index is 0.305. The maximum Gasteiger partial charge on any atom is -0.00530 e. The van der Waals surface area contributed by atoms with Crippen LogP contribution < -0.4 is 0 Å². The van der Waals surface area contributed by atoms with E-state index in [0.29, 0.717) is 11.3 Å². The van der Waals surface area contributed by atoms with Gasteiger partial charge in [0.25, 0.3) is 0 Å². The molecule has 0 amide bonds. The number of thiophene rings is 1. The molecule has 1 rings (SSSR count). The molecule has 1 heterocycles. The fraction of sp³-hybridized carbons (Fsp3) is 0.636. The van der Waals surface area contributed by atoms with Gasteiger partial charge < -0.3 is 0 Å². The first-order valence-corrected chi connectivity index (χ1v) is 5.43. The minimum absolute atomic E-state index is 0.305. The summed E-state index contributed by atoms with van der Waals surface area (Å²) in [5.41, 5.74) is 3.34. The van der Waals surface area contributed by atoms with Crippen LogP contribution in [0.1, 0.15) is 51.7 Å². The van der Waals surface area contributed by atoms with Crippen molar-refractivity contribution in [3.05, 3.63) is 21.9 Å². The van der Waals surface area contributed by atoms with Gasteiger partial charge in [0, 0.05) is 0 Å². The van der Waals surface area contributed by atoms with Crippen LogP contribution in [0.15, 0.2) is 10.8 Å². The quantitative estimate of drug-likeness (QED) is 0.611. The largest absolute Gasteiger partial charge is 0.152 e. The Morgan fingerprint density at radius 2 is 1.75 bits per heavy atom. The van der Waals surface area contributed by atoms with Gasteiger partial charge in [-0.25, -0.2) is 0 Å². The Bertz CT molecular complexity index is 250. The van der Waals surface area contributed by atoms with Gasteiger partial charge >= 0.3 is 0 Å². The standard InChI is InChI=1S/C11H18S/c1-8(2)9-6-12-7-10(9)11(3,4)5/h6-8H,1-5H3. The molecule has 68 valence electrons. The second-order valence-corrected chi connectivity index (χ2v) is 5.39. The summed E-state index contributed by atoms with van der Waals surface area (Å²) in [6.07, 6.45) is 0. The maximum atomic E-state index is 2.29. The van der Waals surface area contributed by atoms with Crippen molar-refractivity contribution >= 4 is 11.3 Å². The SMILES string of the molecule is CC(C)c1cscc1C(C)(C)C. The van der Waals surface area contributed by atoms with E-state index in [-0.39, 0.29) is 0 Å². The molecule has 1 aromatic rings. The molecule has 12 heavy (non-hydrogen) atoms. The van der Waals surface area contributed by atoms with Gasteiger partial charge in [0.1, 0.15) is 0 Å². The van der Waals surface area contributed by atoms with Crippen LogP contribution in [-0.4, -0.2) is 0 Å². The van der Waals surface area contributed by atoms with E-state index in [9.17, 15) is 0 Å². The lowest BCUT2D eigenvalue weighted by Crippen LogP contribution is -2.12. The molecule has 0 unspecified atom stereocenters. The van der Waals surface area contributed by atoms with Crippen molar-refractivity contribution in [1.29, 1.82) is 0 Å². The lowest BCUT2D eigenvalue weighted by atomic mass is 9.84. The van der Waals surface area contributed by atoms with Crippen LogP contribution in [0.3, 0.4) is 0 Å². The molecular formula is C11H18S. The monoisotopic (exact) mass is 182 g/mol. The maximum absolute atomic E-state index is 2.29. The van der Waals surface area contributed by atoms with Gasteiger partial charge in [-0.05, 0) is 33.2 Å². The second kappa shape index (κ2) is 3.21. The van der Waals surface area contributed by atoms with Crippen LogP contribution in [0.25, 0.3) is 0 Å². The minimum Gasteiger partial charge on any atom is -0.152 e. The molecule has 0 radical (unpaired) electrons. The predicted molar refractivity (Wildman–Crippen MR) is 57.1 cm³/mol. The van der Waals surface area contributed by atoms with E-state index in [4.69, 9.17) is 0 Å². The van der Waals surface area contributed by atoms with E-state index in [0.717, 1.165) is 0 Å². The summed E-state index contributed by atoms with van der Waals surface area (Å²) in [4.78, 5) is 0. The topological polar surface area (TPSA) is 0 Å². The third-order valence-corrected chi connectivity index (χ3v) is 2.88. The van der Waals surface area contributed by atoms with Gasteiger partial charge in [0.15, 0.2) is 0 Å². The summed E-state index contributed by atoms with van der Waals surface area (Å²) in [7, 11) is 0. The number of rotatable bonds is 1. The van der Waals surface area contributed by atoms with Gasteiger partial charge in [-0.15, -0.1) is 0 Å². The van der Waals surface area contributed by atoms with Crippen molar-refractivity contribution in [1.82, 2.24) is 0 Å². The molecule has 1 heteroatoms. The first-order valence-electron chi connectivity index (χ1n) is 4.49. The molecule has 0 spiro atoms. The van der Waals surface area contributed by atoms with Crippen molar-refractivity contribution in [2.45, 2.75) is 46.0 Å². The molecular weight excluding hydrogens is 164 g/mol. The lowest BCUT2D eigenvalue weighted by molar-refractivity contribution is 0.580. The zero-order valence-electron chi connectivity index (χ0n) is 8.64. The normalized spacial score (nSPS) is 12.5. The van der Waals surface area contributed by atoms with Gasteiger partial charge in [0.05, 0.1) is 0 Å². The summed E-state index contributed by atoms with van der Waals surface area (Å²) in [5, 5.41) is 4.57. The fourth-order valence-corrected chi connectivity index (χ4v) is 2.60. The van der Waals surface area contributed by atoms with Crippen LogP contribution in [0.4, 0.5) is 0 Å². The molecule has 0 bridgehead atoms. The van der Waals surface area contributed by atoms with Crippen molar-refractivity contribution in [2.24, 2.45) is 0 Å². The highest BCUT2D eigenvalue weighted by molar-refractivity contribution is 7.08. The Morgan fingerprint density at radius 3 is 2.08 bits per heavy atom. The predicted octanol–water partition coefficient (Wildman–Crippen LogP) is 4.17. The highest BCUT2D eigenvalue weighted by atomic mass is 32.1. The second-order valence-electron chi connectivity index (χ2n) is 4.65. The Kier molecular flexibility index (Phi) is 2.62. The van der Waals surface area contributed by atoms with Crippen LogP contribution in [0, 0.1) is 0 Å². The van der Waals surface area contributed by atoms with E-state index in [1.807, 2.05) is 11.3 Å². The van der Waals surface area contributed by atoms with Crippen molar-refractivity contribution < 1.29 is 0 Å². The summed E-state index contributed by atoms with van der Waals surface area (Å²) in [5.74, 6) is 0.658. The highest BCUT2D eigenvalue weighted by Crippen LogP contribution is 2.32. The van der Waals surface area contributed by atoms with E-state index < -0.39 is 0 Å². The molecule has 0 aromatic carbocycles. The van der Waals surface area contributed by atoms with Gasteiger partial charge in [-0.1, -0.05) is 34.6 Å². The summed E-state index contributed by atoms with van der Waals surface area (Å²) < 4.78 is 0. The van der Waals surface area contributed by atoms with Crippen molar-refractivity contribution in [3.63, 3.8) is 0 Å². The Labute approximate surface area is 79.6 Å². The third-order valence-electron chi connectivity index (χ3n) is 2.12. The molecule has 0 N–H and O–H groups in total. The summed E-state index contributed by atoms with van der Waals surface area (Å²) in [6.45, 7) is 11.4. The Hall–Kier alpha value is -0.300. The van der Waals surface area contributed by atoms with Gasteiger partial charge in [-0.3, -0.25) is 0 Å². The van der Waals surface area contributed by atoms with Crippen LogP contribution in [0.5, 0.6) is 0 Å². The average Bonchev–Trinajstić information content (AvgIpc) is 2.30. The van der Waals surface area contributed by atoms with Crippen LogP contribution in [0.2, 0.25) is 0 Å². The number of hydrogen-bond acceptors (Lipinski definition) is 1. The first kappa shape index (κ1) is 9.79. The van der Waals surface area contributed by atoms with Crippen LogP contribution >= 0.6 is 11.3 Å².